The van der Waals surface area contributed by atoms with Gasteiger partial charge in [0.05, 0.1) is 5.41 Å². The molecule has 0 saturated heterocycles. The second-order valence-electron chi connectivity index (χ2n) is 6.13. The second-order valence-corrected chi connectivity index (χ2v) is 6.13. The SMILES string of the molecule is CC(C)(CNC1CCCCc2ccccc21)C(N)=O. The van der Waals surface area contributed by atoms with Crippen molar-refractivity contribution in [2.75, 3.05) is 6.54 Å². The van der Waals surface area contributed by atoms with Gasteiger partial charge in [0.1, 0.15) is 0 Å². The van der Waals surface area contributed by atoms with Crippen molar-refractivity contribution < 1.29 is 4.79 Å². The summed E-state index contributed by atoms with van der Waals surface area (Å²) in [5, 5.41) is 3.54. The Morgan fingerprint density at radius 2 is 2.11 bits per heavy atom. The molecule has 0 heterocycles. The number of nitrogens with two attached hydrogens (primary N) is 1. The molecule has 1 amide bonds. The Morgan fingerprint density at radius 1 is 1.37 bits per heavy atom. The number of hydrogen-bond acceptors (Lipinski definition) is 2. The minimum absolute atomic E-state index is 0.248. The van der Waals surface area contributed by atoms with E-state index in [2.05, 4.69) is 29.6 Å². The number of amides is 1. The number of carbonyl (C=O) groups is 1. The fourth-order valence-corrected chi connectivity index (χ4v) is 2.60. The lowest BCUT2D eigenvalue weighted by molar-refractivity contribution is -0.125. The Bertz CT molecular complexity index is 454. The molecule has 1 atom stereocenters. The van der Waals surface area contributed by atoms with Crippen LogP contribution in [-0.2, 0) is 11.2 Å². The van der Waals surface area contributed by atoms with Crippen molar-refractivity contribution in [1.82, 2.24) is 5.32 Å². The average Bonchev–Trinajstić information content (AvgIpc) is 2.58. The first kappa shape index (κ1) is 14.1. The first-order valence-corrected chi connectivity index (χ1v) is 7.12. The van der Waals surface area contributed by atoms with Crippen molar-refractivity contribution in [2.45, 2.75) is 45.6 Å². The summed E-state index contributed by atoms with van der Waals surface area (Å²) in [7, 11) is 0. The predicted molar refractivity (Wildman–Crippen MR) is 77.7 cm³/mol. The third-order valence-electron chi connectivity index (χ3n) is 4.08. The first-order chi connectivity index (χ1) is 9.00. The number of fused-ring (bicyclic) bond motifs is 1. The van der Waals surface area contributed by atoms with E-state index in [0.717, 1.165) is 12.8 Å². The fraction of sp³-hybridized carbons (Fsp3) is 0.562. The molecule has 0 spiro atoms. The molecular formula is C16H24N2O. The average molecular weight is 260 g/mol. The summed E-state index contributed by atoms with van der Waals surface area (Å²) in [5.41, 5.74) is 7.76. The molecule has 3 N–H and O–H groups in total. The van der Waals surface area contributed by atoms with Gasteiger partial charge < -0.3 is 11.1 Å². The number of benzene rings is 1. The highest BCUT2D eigenvalue weighted by atomic mass is 16.1. The van der Waals surface area contributed by atoms with Gasteiger partial charge in [0.2, 0.25) is 5.91 Å². The maximum absolute atomic E-state index is 11.4. The van der Waals surface area contributed by atoms with E-state index in [-0.39, 0.29) is 5.91 Å². The topological polar surface area (TPSA) is 55.1 Å². The molecule has 1 unspecified atom stereocenters. The third-order valence-corrected chi connectivity index (χ3v) is 4.08. The number of nitrogens with one attached hydrogen (secondary N) is 1. The van der Waals surface area contributed by atoms with E-state index in [1.165, 1.54) is 24.0 Å². The van der Waals surface area contributed by atoms with Crippen LogP contribution in [0.5, 0.6) is 0 Å². The number of hydrogen-bond donors (Lipinski definition) is 2. The highest BCUT2D eigenvalue weighted by Crippen LogP contribution is 2.29. The molecule has 1 aromatic rings. The van der Waals surface area contributed by atoms with Crippen molar-refractivity contribution in [3.8, 4) is 0 Å². The van der Waals surface area contributed by atoms with E-state index >= 15 is 0 Å². The number of carbonyl (C=O) groups excluding carboxylic acids is 1. The largest absolute Gasteiger partial charge is 0.369 e. The minimum Gasteiger partial charge on any atom is -0.369 e. The highest BCUT2D eigenvalue weighted by molar-refractivity contribution is 5.80. The van der Waals surface area contributed by atoms with Crippen molar-refractivity contribution in [2.24, 2.45) is 11.1 Å². The summed E-state index contributed by atoms with van der Waals surface area (Å²) in [5.74, 6) is -0.248. The molecule has 3 heteroatoms. The summed E-state index contributed by atoms with van der Waals surface area (Å²) in [6.45, 7) is 4.41. The number of aryl methyl sites for hydroxylation is 1. The fourth-order valence-electron chi connectivity index (χ4n) is 2.60. The van der Waals surface area contributed by atoms with Gasteiger partial charge in [0, 0.05) is 12.6 Å². The molecule has 0 saturated carbocycles. The zero-order valence-electron chi connectivity index (χ0n) is 11.9. The lowest BCUT2D eigenvalue weighted by Gasteiger charge is -2.26. The van der Waals surface area contributed by atoms with Gasteiger partial charge in [-0.1, -0.05) is 30.7 Å². The van der Waals surface area contributed by atoms with Crippen LogP contribution in [-0.4, -0.2) is 12.5 Å². The molecule has 0 fully saturated rings. The summed E-state index contributed by atoms with van der Waals surface area (Å²) in [6, 6.07) is 8.97. The lowest BCUT2D eigenvalue weighted by Crippen LogP contribution is -2.41. The monoisotopic (exact) mass is 260 g/mol. The Hall–Kier alpha value is -1.35. The number of primary amides is 1. The quantitative estimate of drug-likeness (QED) is 0.817. The zero-order chi connectivity index (χ0) is 13.9. The molecule has 0 aliphatic heterocycles. The van der Waals surface area contributed by atoms with Gasteiger partial charge >= 0.3 is 0 Å². The Labute approximate surface area is 115 Å². The minimum atomic E-state index is -0.499. The molecule has 0 aromatic heterocycles. The molecule has 3 nitrogen and oxygen atoms in total. The molecule has 1 aliphatic carbocycles. The normalized spacial score (nSPS) is 19.6. The van der Waals surface area contributed by atoms with Gasteiger partial charge in [0.25, 0.3) is 0 Å². The second kappa shape index (κ2) is 5.74. The van der Waals surface area contributed by atoms with Crippen LogP contribution in [0.3, 0.4) is 0 Å². The van der Waals surface area contributed by atoms with Crippen LogP contribution in [0.15, 0.2) is 24.3 Å². The Morgan fingerprint density at radius 3 is 2.84 bits per heavy atom. The molecule has 104 valence electrons. The van der Waals surface area contributed by atoms with Gasteiger partial charge in [-0.25, -0.2) is 0 Å². The lowest BCUT2D eigenvalue weighted by atomic mass is 9.91. The maximum atomic E-state index is 11.4. The third kappa shape index (κ3) is 3.35. The highest BCUT2D eigenvalue weighted by Gasteiger charge is 2.27. The molecule has 0 radical (unpaired) electrons. The van der Waals surface area contributed by atoms with Gasteiger partial charge in [0.15, 0.2) is 0 Å². The van der Waals surface area contributed by atoms with Gasteiger partial charge in [-0.15, -0.1) is 0 Å². The summed E-state index contributed by atoms with van der Waals surface area (Å²) < 4.78 is 0. The van der Waals surface area contributed by atoms with Crippen LogP contribution < -0.4 is 11.1 Å². The van der Waals surface area contributed by atoms with Crippen molar-refractivity contribution >= 4 is 5.91 Å². The molecule has 19 heavy (non-hydrogen) atoms. The van der Waals surface area contributed by atoms with Gasteiger partial charge in [-0.2, -0.15) is 0 Å². The van der Waals surface area contributed by atoms with E-state index in [0.29, 0.717) is 12.6 Å². The van der Waals surface area contributed by atoms with Crippen LogP contribution in [0, 0.1) is 5.41 Å². The van der Waals surface area contributed by atoms with E-state index in [4.69, 9.17) is 5.73 Å². The summed E-state index contributed by atoms with van der Waals surface area (Å²) in [6.07, 6.45) is 4.76. The van der Waals surface area contributed by atoms with Gasteiger partial charge in [-0.3, -0.25) is 4.79 Å². The summed E-state index contributed by atoms with van der Waals surface area (Å²) in [4.78, 5) is 11.4. The molecule has 0 bridgehead atoms. The summed E-state index contributed by atoms with van der Waals surface area (Å²) >= 11 is 0. The van der Waals surface area contributed by atoms with Crippen LogP contribution in [0.25, 0.3) is 0 Å². The van der Waals surface area contributed by atoms with Crippen molar-refractivity contribution in [3.63, 3.8) is 0 Å². The zero-order valence-corrected chi connectivity index (χ0v) is 11.9. The predicted octanol–water partition coefficient (Wildman–Crippen LogP) is 2.56. The van der Waals surface area contributed by atoms with E-state index in [1.807, 2.05) is 13.8 Å². The van der Waals surface area contributed by atoms with Crippen LogP contribution in [0.2, 0.25) is 0 Å². The molecule has 2 rings (SSSR count). The number of rotatable bonds is 4. The Kier molecular flexibility index (Phi) is 4.25. The smallest absolute Gasteiger partial charge is 0.224 e. The van der Waals surface area contributed by atoms with Gasteiger partial charge in [-0.05, 0) is 44.2 Å². The van der Waals surface area contributed by atoms with Crippen LogP contribution >= 0.6 is 0 Å². The van der Waals surface area contributed by atoms with E-state index < -0.39 is 5.41 Å². The molecular weight excluding hydrogens is 236 g/mol. The first-order valence-electron chi connectivity index (χ1n) is 7.12. The van der Waals surface area contributed by atoms with Crippen molar-refractivity contribution in [3.05, 3.63) is 35.4 Å². The van der Waals surface area contributed by atoms with Crippen LogP contribution in [0.4, 0.5) is 0 Å². The molecule has 1 aromatic carbocycles. The van der Waals surface area contributed by atoms with E-state index in [1.54, 1.807) is 0 Å². The van der Waals surface area contributed by atoms with Crippen LogP contribution in [0.1, 0.15) is 50.3 Å². The Balaban J connectivity index is 2.10. The van der Waals surface area contributed by atoms with E-state index in [9.17, 15) is 4.79 Å². The molecule has 1 aliphatic rings. The van der Waals surface area contributed by atoms with Crippen molar-refractivity contribution in [1.29, 1.82) is 0 Å². The maximum Gasteiger partial charge on any atom is 0.224 e. The standard InChI is InChI=1S/C16H24N2O/c1-16(2,15(17)19)11-18-14-10-6-4-8-12-7-3-5-9-13(12)14/h3,5,7,9,14,18H,4,6,8,10-11H2,1-2H3,(H2,17,19).